The van der Waals surface area contributed by atoms with Crippen molar-refractivity contribution < 1.29 is 32.3 Å². The van der Waals surface area contributed by atoms with Crippen molar-refractivity contribution in [2.45, 2.75) is 18.6 Å². The van der Waals surface area contributed by atoms with Gasteiger partial charge < -0.3 is 10.4 Å². The topological polar surface area (TPSA) is 66.4 Å². The summed E-state index contributed by atoms with van der Waals surface area (Å²) in [7, 11) is 0. The second kappa shape index (κ2) is 7.33. The first-order valence-corrected chi connectivity index (χ1v) is 7.12. The SMILES string of the molecule is O=C(N[C@H](Cc1cccc(C(F)(F)F)c1)C(=O)O)c1cccc(F)c1. The van der Waals surface area contributed by atoms with Crippen molar-refractivity contribution >= 4 is 11.9 Å². The summed E-state index contributed by atoms with van der Waals surface area (Å²) in [5.74, 6) is -2.92. The maximum Gasteiger partial charge on any atom is 0.416 e. The zero-order valence-electron chi connectivity index (χ0n) is 12.7. The second-order valence-corrected chi connectivity index (χ2v) is 5.28. The number of rotatable bonds is 5. The fourth-order valence-corrected chi connectivity index (χ4v) is 2.18. The molecule has 132 valence electrons. The van der Waals surface area contributed by atoms with Gasteiger partial charge in [0.25, 0.3) is 5.91 Å². The largest absolute Gasteiger partial charge is 0.480 e. The van der Waals surface area contributed by atoms with Gasteiger partial charge in [0, 0.05) is 12.0 Å². The van der Waals surface area contributed by atoms with Gasteiger partial charge in [0.15, 0.2) is 0 Å². The van der Waals surface area contributed by atoms with E-state index in [2.05, 4.69) is 5.32 Å². The highest BCUT2D eigenvalue weighted by Crippen LogP contribution is 2.29. The van der Waals surface area contributed by atoms with E-state index < -0.39 is 35.5 Å². The van der Waals surface area contributed by atoms with Crippen molar-refractivity contribution in [1.29, 1.82) is 0 Å². The third-order valence-corrected chi connectivity index (χ3v) is 3.38. The Kier molecular flexibility index (Phi) is 5.41. The molecule has 2 aromatic carbocycles. The van der Waals surface area contributed by atoms with Gasteiger partial charge in [0.05, 0.1) is 5.56 Å². The number of carbonyl (C=O) groups excluding carboxylic acids is 1. The number of hydrogen-bond donors (Lipinski definition) is 2. The molecule has 0 bridgehead atoms. The number of benzene rings is 2. The molecule has 0 saturated carbocycles. The third-order valence-electron chi connectivity index (χ3n) is 3.38. The van der Waals surface area contributed by atoms with Crippen molar-refractivity contribution in [1.82, 2.24) is 5.32 Å². The Bertz CT molecular complexity index is 789. The molecule has 8 heteroatoms. The van der Waals surface area contributed by atoms with E-state index in [0.29, 0.717) is 0 Å². The minimum Gasteiger partial charge on any atom is -0.480 e. The number of aliphatic carboxylic acids is 1. The molecule has 0 spiro atoms. The predicted molar refractivity (Wildman–Crippen MR) is 80.4 cm³/mol. The van der Waals surface area contributed by atoms with Gasteiger partial charge in [-0.05, 0) is 29.8 Å². The Morgan fingerprint density at radius 2 is 1.76 bits per heavy atom. The number of carbonyl (C=O) groups is 2. The molecule has 2 aromatic rings. The van der Waals surface area contributed by atoms with Gasteiger partial charge in [0.1, 0.15) is 11.9 Å². The van der Waals surface area contributed by atoms with Crippen LogP contribution in [0.4, 0.5) is 17.6 Å². The molecule has 0 aliphatic carbocycles. The summed E-state index contributed by atoms with van der Waals surface area (Å²) in [5.41, 5.74) is -0.900. The fraction of sp³-hybridized carbons (Fsp3) is 0.176. The van der Waals surface area contributed by atoms with E-state index in [-0.39, 0.29) is 17.5 Å². The molecule has 0 unspecified atom stereocenters. The van der Waals surface area contributed by atoms with Crippen LogP contribution in [0.5, 0.6) is 0 Å². The highest BCUT2D eigenvalue weighted by Gasteiger charge is 2.31. The molecule has 0 radical (unpaired) electrons. The monoisotopic (exact) mass is 355 g/mol. The van der Waals surface area contributed by atoms with Gasteiger partial charge in [-0.3, -0.25) is 4.79 Å². The van der Waals surface area contributed by atoms with Crippen molar-refractivity contribution in [2.24, 2.45) is 0 Å². The zero-order chi connectivity index (χ0) is 18.6. The third kappa shape index (κ3) is 5.03. The van der Waals surface area contributed by atoms with E-state index in [1.165, 1.54) is 18.2 Å². The Labute approximate surface area is 140 Å². The summed E-state index contributed by atoms with van der Waals surface area (Å²) < 4.78 is 51.3. The molecule has 4 nitrogen and oxygen atoms in total. The lowest BCUT2D eigenvalue weighted by molar-refractivity contribution is -0.139. The van der Waals surface area contributed by atoms with Crippen LogP contribution in [-0.2, 0) is 17.4 Å². The van der Waals surface area contributed by atoms with Crippen LogP contribution in [0.15, 0.2) is 48.5 Å². The summed E-state index contributed by atoms with van der Waals surface area (Å²) in [6, 6.07) is 7.35. The quantitative estimate of drug-likeness (QED) is 0.809. The van der Waals surface area contributed by atoms with E-state index in [4.69, 9.17) is 0 Å². The molecule has 0 aromatic heterocycles. The van der Waals surface area contributed by atoms with Gasteiger partial charge in [-0.15, -0.1) is 0 Å². The molecule has 2 N–H and O–H groups in total. The van der Waals surface area contributed by atoms with Crippen LogP contribution in [0.2, 0.25) is 0 Å². The number of carboxylic acids is 1. The highest BCUT2D eigenvalue weighted by molar-refractivity contribution is 5.96. The first-order valence-electron chi connectivity index (χ1n) is 7.12. The lowest BCUT2D eigenvalue weighted by Crippen LogP contribution is -2.42. The summed E-state index contributed by atoms with van der Waals surface area (Å²) in [6.45, 7) is 0. The van der Waals surface area contributed by atoms with Crippen molar-refractivity contribution in [3.63, 3.8) is 0 Å². The van der Waals surface area contributed by atoms with Crippen molar-refractivity contribution in [2.75, 3.05) is 0 Å². The normalized spacial score (nSPS) is 12.5. The number of amides is 1. The van der Waals surface area contributed by atoms with Gasteiger partial charge in [-0.25, -0.2) is 9.18 Å². The molecule has 0 heterocycles. The smallest absolute Gasteiger partial charge is 0.416 e. The molecule has 2 rings (SSSR count). The number of nitrogens with one attached hydrogen (secondary N) is 1. The maximum absolute atomic E-state index is 13.1. The molecule has 0 saturated heterocycles. The van der Waals surface area contributed by atoms with E-state index in [0.717, 1.165) is 30.3 Å². The molecule has 1 amide bonds. The maximum atomic E-state index is 13.1. The average molecular weight is 355 g/mol. The minimum absolute atomic E-state index is 0.0877. The van der Waals surface area contributed by atoms with E-state index in [1.54, 1.807) is 0 Å². The molecule has 25 heavy (non-hydrogen) atoms. The zero-order valence-corrected chi connectivity index (χ0v) is 12.7. The van der Waals surface area contributed by atoms with Gasteiger partial charge in [-0.2, -0.15) is 13.2 Å². The van der Waals surface area contributed by atoms with Crippen LogP contribution >= 0.6 is 0 Å². The van der Waals surface area contributed by atoms with Crippen LogP contribution in [0.1, 0.15) is 21.5 Å². The molecule has 0 aliphatic heterocycles. The Balaban J connectivity index is 2.17. The van der Waals surface area contributed by atoms with Gasteiger partial charge in [-0.1, -0.05) is 24.3 Å². The Hall–Kier alpha value is -2.90. The molecule has 1 atom stereocenters. The Morgan fingerprint density at radius 3 is 2.36 bits per heavy atom. The molecular weight excluding hydrogens is 342 g/mol. The lowest BCUT2D eigenvalue weighted by atomic mass is 10.0. The first kappa shape index (κ1) is 18.4. The van der Waals surface area contributed by atoms with Crippen LogP contribution < -0.4 is 5.32 Å². The second-order valence-electron chi connectivity index (χ2n) is 5.28. The van der Waals surface area contributed by atoms with Crippen molar-refractivity contribution in [3.8, 4) is 0 Å². The summed E-state index contributed by atoms with van der Waals surface area (Å²) >= 11 is 0. The molecule has 0 fully saturated rings. The molecular formula is C17H13F4NO3. The van der Waals surface area contributed by atoms with E-state index in [1.807, 2.05) is 0 Å². The van der Waals surface area contributed by atoms with Gasteiger partial charge in [0.2, 0.25) is 0 Å². The number of carboxylic acid groups (broad SMARTS) is 1. The van der Waals surface area contributed by atoms with Crippen LogP contribution in [0.3, 0.4) is 0 Å². The van der Waals surface area contributed by atoms with Crippen LogP contribution in [0, 0.1) is 5.82 Å². The number of alkyl halides is 3. The van der Waals surface area contributed by atoms with Gasteiger partial charge >= 0.3 is 12.1 Å². The lowest BCUT2D eigenvalue weighted by Gasteiger charge is -2.16. The van der Waals surface area contributed by atoms with Crippen LogP contribution in [0.25, 0.3) is 0 Å². The van der Waals surface area contributed by atoms with Crippen LogP contribution in [-0.4, -0.2) is 23.0 Å². The average Bonchev–Trinajstić information content (AvgIpc) is 2.53. The summed E-state index contributed by atoms with van der Waals surface area (Å²) in [6.07, 6.45) is -4.90. The standard InChI is InChI=1S/C17H13F4NO3/c18-13-6-2-4-11(9-13)15(23)22-14(16(24)25)8-10-3-1-5-12(7-10)17(19,20)21/h1-7,9,14H,8H2,(H,22,23)(H,24,25)/t14-/m1/s1. The fourth-order valence-electron chi connectivity index (χ4n) is 2.18. The number of hydrogen-bond acceptors (Lipinski definition) is 2. The predicted octanol–water partition coefficient (Wildman–Crippen LogP) is 3.27. The summed E-state index contributed by atoms with van der Waals surface area (Å²) in [5, 5.41) is 11.4. The van der Waals surface area contributed by atoms with E-state index >= 15 is 0 Å². The number of halogens is 4. The first-order chi connectivity index (χ1) is 11.7. The Morgan fingerprint density at radius 1 is 1.08 bits per heavy atom. The summed E-state index contributed by atoms with van der Waals surface area (Å²) in [4.78, 5) is 23.3. The van der Waals surface area contributed by atoms with E-state index in [9.17, 15) is 32.3 Å². The minimum atomic E-state index is -4.56. The van der Waals surface area contributed by atoms with Crippen molar-refractivity contribution in [3.05, 3.63) is 71.0 Å². The molecule has 0 aliphatic rings. The highest BCUT2D eigenvalue weighted by atomic mass is 19.4.